The third-order valence-electron chi connectivity index (χ3n) is 3.89. The molecule has 0 saturated heterocycles. The summed E-state index contributed by atoms with van der Waals surface area (Å²) in [6.45, 7) is 1.72. The van der Waals surface area contributed by atoms with Crippen LogP contribution in [0.3, 0.4) is 0 Å². The van der Waals surface area contributed by atoms with Crippen molar-refractivity contribution >= 4 is 17.4 Å². The van der Waals surface area contributed by atoms with Gasteiger partial charge in [-0.25, -0.2) is 0 Å². The van der Waals surface area contributed by atoms with Gasteiger partial charge in [0.2, 0.25) is 5.78 Å². The van der Waals surface area contributed by atoms with Crippen LogP contribution in [0.25, 0.3) is 0 Å². The van der Waals surface area contributed by atoms with Crippen LogP contribution in [0.4, 0.5) is 5.69 Å². The minimum Gasteiger partial charge on any atom is -0.483 e. The summed E-state index contributed by atoms with van der Waals surface area (Å²) < 4.78 is 5.71. The average Bonchev–Trinajstić information content (AvgIpc) is 2.70. The molecule has 0 aliphatic heterocycles. The van der Waals surface area contributed by atoms with E-state index in [-0.39, 0.29) is 11.7 Å². The van der Waals surface area contributed by atoms with E-state index in [1.807, 2.05) is 36.4 Å². The van der Waals surface area contributed by atoms with Gasteiger partial charge in [0.05, 0.1) is 0 Å². The first-order valence-electron chi connectivity index (χ1n) is 8.36. The zero-order valence-electron chi connectivity index (χ0n) is 14.4. The van der Waals surface area contributed by atoms with Crippen LogP contribution in [0, 0.1) is 0 Å². The highest BCUT2D eigenvalue weighted by atomic mass is 16.5. The molecule has 0 bridgehead atoms. The van der Waals surface area contributed by atoms with Crippen LogP contribution in [-0.4, -0.2) is 17.8 Å². The van der Waals surface area contributed by atoms with Crippen LogP contribution in [0.1, 0.15) is 27.6 Å². The normalized spacial score (nSPS) is 11.4. The van der Waals surface area contributed by atoms with E-state index in [1.54, 1.807) is 55.5 Å². The maximum absolute atomic E-state index is 12.3. The van der Waals surface area contributed by atoms with Gasteiger partial charge in [0.25, 0.3) is 5.91 Å². The van der Waals surface area contributed by atoms with E-state index in [4.69, 9.17) is 4.74 Å². The molecule has 130 valence electrons. The molecule has 1 atom stereocenters. The molecule has 26 heavy (non-hydrogen) atoms. The summed E-state index contributed by atoms with van der Waals surface area (Å²) in [7, 11) is 0. The Morgan fingerprint density at radius 1 is 0.769 bits per heavy atom. The van der Waals surface area contributed by atoms with E-state index in [0.29, 0.717) is 22.6 Å². The zero-order chi connectivity index (χ0) is 18.4. The zero-order valence-corrected chi connectivity index (χ0v) is 14.4. The summed E-state index contributed by atoms with van der Waals surface area (Å²) in [6.07, 6.45) is -0.595. The number of carbonyl (C=O) groups excluding carboxylic acids is 2. The van der Waals surface area contributed by atoms with Gasteiger partial charge in [0.1, 0.15) is 5.75 Å². The fraction of sp³-hybridized carbons (Fsp3) is 0.0909. The number of carbonyl (C=O) groups is 2. The second-order valence-electron chi connectivity index (χ2n) is 5.83. The van der Waals surface area contributed by atoms with E-state index < -0.39 is 6.10 Å². The second kappa shape index (κ2) is 8.12. The summed E-state index contributed by atoms with van der Waals surface area (Å²) in [5.41, 5.74) is 1.87. The van der Waals surface area contributed by atoms with Crippen molar-refractivity contribution in [3.05, 3.63) is 96.1 Å². The molecule has 0 fully saturated rings. The monoisotopic (exact) mass is 345 g/mol. The summed E-state index contributed by atoms with van der Waals surface area (Å²) in [5, 5.41) is 2.83. The molecular formula is C22H19NO3. The van der Waals surface area contributed by atoms with Gasteiger partial charge in [-0.3, -0.25) is 9.59 Å². The standard InChI is InChI=1S/C22H19NO3/c1-16(21(24)17-8-4-2-5-9-17)26-20-14-12-19(13-15-20)23-22(25)18-10-6-3-7-11-18/h2-16H,1H3,(H,23,25). The van der Waals surface area contributed by atoms with Crippen LogP contribution >= 0.6 is 0 Å². The van der Waals surface area contributed by atoms with Crippen LogP contribution < -0.4 is 10.1 Å². The molecule has 0 aliphatic carbocycles. The van der Waals surface area contributed by atoms with Crippen molar-refractivity contribution in [2.45, 2.75) is 13.0 Å². The fourth-order valence-corrected chi connectivity index (χ4v) is 2.50. The van der Waals surface area contributed by atoms with Crippen molar-refractivity contribution in [1.82, 2.24) is 0 Å². The Balaban J connectivity index is 1.61. The first-order chi connectivity index (χ1) is 12.6. The van der Waals surface area contributed by atoms with Crippen LogP contribution in [0.15, 0.2) is 84.9 Å². The van der Waals surface area contributed by atoms with Gasteiger partial charge < -0.3 is 10.1 Å². The van der Waals surface area contributed by atoms with Crippen molar-refractivity contribution in [1.29, 1.82) is 0 Å². The number of anilines is 1. The highest BCUT2D eigenvalue weighted by Gasteiger charge is 2.16. The molecule has 1 N–H and O–H groups in total. The number of hydrogen-bond donors (Lipinski definition) is 1. The molecule has 3 aromatic rings. The predicted molar refractivity (Wildman–Crippen MR) is 102 cm³/mol. The molecular weight excluding hydrogens is 326 g/mol. The predicted octanol–water partition coefficient (Wildman–Crippen LogP) is 4.59. The van der Waals surface area contributed by atoms with Gasteiger partial charge >= 0.3 is 0 Å². The highest BCUT2D eigenvalue weighted by Crippen LogP contribution is 2.19. The Morgan fingerprint density at radius 3 is 1.88 bits per heavy atom. The molecule has 4 heteroatoms. The summed E-state index contributed by atoms with van der Waals surface area (Å²) in [5.74, 6) is 0.318. The molecule has 1 unspecified atom stereocenters. The average molecular weight is 345 g/mol. The smallest absolute Gasteiger partial charge is 0.255 e. The lowest BCUT2D eigenvalue weighted by atomic mass is 10.1. The molecule has 3 aromatic carbocycles. The maximum Gasteiger partial charge on any atom is 0.255 e. The Morgan fingerprint density at radius 2 is 1.31 bits per heavy atom. The van der Waals surface area contributed by atoms with Gasteiger partial charge in [-0.1, -0.05) is 48.5 Å². The molecule has 3 rings (SSSR count). The summed E-state index contributed by atoms with van der Waals surface area (Å²) in [4.78, 5) is 24.5. The number of hydrogen-bond acceptors (Lipinski definition) is 3. The number of Topliss-reactive ketones (excluding diaryl/α,β-unsaturated/α-hetero) is 1. The van der Waals surface area contributed by atoms with Crippen molar-refractivity contribution in [2.75, 3.05) is 5.32 Å². The molecule has 0 aromatic heterocycles. The molecule has 0 aliphatic rings. The first-order valence-corrected chi connectivity index (χ1v) is 8.36. The SMILES string of the molecule is CC(Oc1ccc(NC(=O)c2ccccc2)cc1)C(=O)c1ccccc1. The van der Waals surface area contributed by atoms with Crippen molar-refractivity contribution in [3.63, 3.8) is 0 Å². The number of nitrogens with one attached hydrogen (secondary N) is 1. The lowest BCUT2D eigenvalue weighted by molar-refractivity contribution is 0.0818. The number of amides is 1. The van der Waals surface area contributed by atoms with Gasteiger partial charge in [0, 0.05) is 16.8 Å². The van der Waals surface area contributed by atoms with Gasteiger partial charge in [0.15, 0.2) is 6.10 Å². The maximum atomic E-state index is 12.3. The molecule has 0 spiro atoms. The fourth-order valence-electron chi connectivity index (χ4n) is 2.50. The highest BCUT2D eigenvalue weighted by molar-refractivity contribution is 6.04. The van der Waals surface area contributed by atoms with Crippen LogP contribution in [0.2, 0.25) is 0 Å². The minimum atomic E-state index is -0.595. The Labute approximate surface area is 152 Å². The first kappa shape index (κ1) is 17.4. The molecule has 0 saturated carbocycles. The van der Waals surface area contributed by atoms with Crippen molar-refractivity contribution < 1.29 is 14.3 Å². The number of benzene rings is 3. The van der Waals surface area contributed by atoms with E-state index >= 15 is 0 Å². The lowest BCUT2D eigenvalue weighted by Gasteiger charge is -2.14. The topological polar surface area (TPSA) is 55.4 Å². The van der Waals surface area contributed by atoms with Crippen LogP contribution in [0.5, 0.6) is 5.75 Å². The molecule has 1 amide bonds. The molecule has 4 nitrogen and oxygen atoms in total. The van der Waals surface area contributed by atoms with Gasteiger partial charge in [-0.15, -0.1) is 0 Å². The number of ketones is 1. The third kappa shape index (κ3) is 4.36. The van der Waals surface area contributed by atoms with E-state index in [9.17, 15) is 9.59 Å². The van der Waals surface area contributed by atoms with E-state index in [1.165, 1.54) is 0 Å². The number of rotatable bonds is 6. The Kier molecular flexibility index (Phi) is 5.44. The minimum absolute atomic E-state index is 0.0768. The number of ether oxygens (including phenoxy) is 1. The quantitative estimate of drug-likeness (QED) is 0.665. The van der Waals surface area contributed by atoms with E-state index in [0.717, 1.165) is 0 Å². The summed E-state index contributed by atoms with van der Waals surface area (Å²) >= 11 is 0. The van der Waals surface area contributed by atoms with Crippen LogP contribution in [-0.2, 0) is 0 Å². The summed E-state index contributed by atoms with van der Waals surface area (Å²) in [6, 6.07) is 25.0. The van der Waals surface area contributed by atoms with Crippen molar-refractivity contribution in [2.24, 2.45) is 0 Å². The molecule has 0 heterocycles. The third-order valence-corrected chi connectivity index (χ3v) is 3.89. The Bertz CT molecular complexity index is 874. The Hall–Kier alpha value is -3.40. The van der Waals surface area contributed by atoms with Gasteiger partial charge in [-0.2, -0.15) is 0 Å². The van der Waals surface area contributed by atoms with E-state index in [2.05, 4.69) is 5.32 Å². The molecule has 0 radical (unpaired) electrons. The van der Waals surface area contributed by atoms with Gasteiger partial charge in [-0.05, 0) is 43.3 Å². The van der Waals surface area contributed by atoms with Crippen molar-refractivity contribution in [3.8, 4) is 5.75 Å². The second-order valence-corrected chi connectivity index (χ2v) is 5.83. The largest absolute Gasteiger partial charge is 0.483 e. The lowest BCUT2D eigenvalue weighted by Crippen LogP contribution is -2.23.